The van der Waals surface area contributed by atoms with Gasteiger partial charge in [-0.25, -0.2) is 22.7 Å². The van der Waals surface area contributed by atoms with Crippen LogP contribution >= 0.6 is 23.1 Å². The molecule has 0 bridgehead atoms. The molecule has 34 heavy (non-hydrogen) atoms. The number of hydrogen-bond donors (Lipinski definition) is 1. The van der Waals surface area contributed by atoms with Crippen molar-refractivity contribution in [1.29, 1.82) is 0 Å². The van der Waals surface area contributed by atoms with Gasteiger partial charge >= 0.3 is 0 Å². The number of benzene rings is 2. The minimum Gasteiger partial charge on any atom is -0.325 e. The summed E-state index contributed by atoms with van der Waals surface area (Å²) >= 11 is 3.00. The summed E-state index contributed by atoms with van der Waals surface area (Å²) in [5, 5.41) is 4.21. The molecule has 1 unspecified atom stereocenters. The molecule has 0 saturated carbocycles. The van der Waals surface area contributed by atoms with Gasteiger partial charge in [0, 0.05) is 30.0 Å². The van der Waals surface area contributed by atoms with E-state index in [0.29, 0.717) is 12.1 Å². The van der Waals surface area contributed by atoms with E-state index in [-0.39, 0.29) is 16.1 Å². The van der Waals surface area contributed by atoms with Gasteiger partial charge in [-0.3, -0.25) is 4.79 Å². The number of carbonyl (C=O) groups is 1. The second-order valence-electron chi connectivity index (χ2n) is 7.69. The number of thiophene rings is 1. The second kappa shape index (κ2) is 10.2. The number of amides is 1. The molecule has 1 N–H and O–H groups in total. The molecule has 4 rings (SSSR count). The van der Waals surface area contributed by atoms with Crippen molar-refractivity contribution >= 4 is 54.9 Å². The number of fused-ring (bicyclic) bond motifs is 1. The van der Waals surface area contributed by atoms with Gasteiger partial charge in [0.15, 0.2) is 0 Å². The molecule has 0 aliphatic heterocycles. The van der Waals surface area contributed by atoms with E-state index in [0.717, 1.165) is 30.0 Å². The number of anilines is 1. The number of sulfonamides is 1. The van der Waals surface area contributed by atoms with Crippen molar-refractivity contribution in [3.63, 3.8) is 0 Å². The fourth-order valence-corrected chi connectivity index (χ4v) is 6.24. The van der Waals surface area contributed by atoms with E-state index in [9.17, 15) is 13.2 Å². The van der Waals surface area contributed by atoms with Crippen LogP contribution in [0.25, 0.3) is 20.7 Å². The van der Waals surface area contributed by atoms with Gasteiger partial charge in [0.25, 0.3) is 0 Å². The molecule has 0 spiro atoms. The van der Waals surface area contributed by atoms with E-state index in [4.69, 9.17) is 0 Å². The summed E-state index contributed by atoms with van der Waals surface area (Å²) in [6, 6.07) is 18.3. The van der Waals surface area contributed by atoms with Crippen LogP contribution in [-0.2, 0) is 14.8 Å². The van der Waals surface area contributed by atoms with Crippen LogP contribution in [-0.4, -0.2) is 47.9 Å². The van der Waals surface area contributed by atoms with Crippen LogP contribution in [0.2, 0.25) is 0 Å². The molecule has 2 heterocycles. The van der Waals surface area contributed by atoms with Crippen LogP contribution in [0.5, 0.6) is 0 Å². The average Bonchev–Trinajstić information content (AvgIpc) is 3.28. The monoisotopic (exact) mass is 512 g/mol. The zero-order chi connectivity index (χ0) is 24.3. The number of nitrogens with one attached hydrogen (secondary N) is 1. The Morgan fingerprint density at radius 3 is 2.44 bits per heavy atom. The van der Waals surface area contributed by atoms with Crippen molar-refractivity contribution in [1.82, 2.24) is 14.3 Å². The lowest BCUT2D eigenvalue weighted by molar-refractivity contribution is -0.115. The first-order valence-electron chi connectivity index (χ1n) is 10.6. The van der Waals surface area contributed by atoms with E-state index in [1.54, 1.807) is 23.5 Å². The fourth-order valence-electron chi connectivity index (χ4n) is 3.27. The van der Waals surface area contributed by atoms with Crippen molar-refractivity contribution in [2.45, 2.75) is 28.5 Å². The third kappa shape index (κ3) is 5.15. The molecule has 0 aliphatic carbocycles. The van der Waals surface area contributed by atoms with Crippen LogP contribution in [0.3, 0.4) is 0 Å². The Balaban J connectivity index is 1.52. The first-order valence-corrected chi connectivity index (χ1v) is 13.7. The van der Waals surface area contributed by atoms with Gasteiger partial charge < -0.3 is 5.32 Å². The van der Waals surface area contributed by atoms with E-state index in [1.807, 2.05) is 25.1 Å². The number of carbonyl (C=O) groups excluding carboxylic acids is 1. The smallest absolute Gasteiger partial charge is 0.242 e. The highest BCUT2D eigenvalue weighted by Gasteiger charge is 2.22. The van der Waals surface area contributed by atoms with E-state index < -0.39 is 10.0 Å². The maximum atomic E-state index is 13.0. The predicted molar refractivity (Wildman–Crippen MR) is 139 cm³/mol. The summed E-state index contributed by atoms with van der Waals surface area (Å²) in [6.45, 7) is 1.95. The Labute approximate surface area is 207 Å². The quantitative estimate of drug-likeness (QED) is 0.260. The Hall–Kier alpha value is -2.79. The largest absolute Gasteiger partial charge is 0.325 e. The molecule has 10 heteroatoms. The maximum absolute atomic E-state index is 13.0. The highest BCUT2D eigenvalue weighted by atomic mass is 32.2. The summed E-state index contributed by atoms with van der Waals surface area (Å²) in [5.41, 5.74) is 1.66. The van der Waals surface area contributed by atoms with E-state index in [2.05, 4.69) is 33.5 Å². The summed E-state index contributed by atoms with van der Waals surface area (Å²) in [7, 11) is -0.558. The van der Waals surface area contributed by atoms with Crippen molar-refractivity contribution in [2.75, 3.05) is 19.4 Å². The lowest BCUT2D eigenvalue weighted by Gasteiger charge is -2.15. The molecule has 2 aromatic carbocycles. The van der Waals surface area contributed by atoms with Crippen molar-refractivity contribution in [2.24, 2.45) is 0 Å². The van der Waals surface area contributed by atoms with Gasteiger partial charge in [-0.2, -0.15) is 0 Å². The molecular weight excluding hydrogens is 488 g/mol. The first-order chi connectivity index (χ1) is 16.3. The van der Waals surface area contributed by atoms with Crippen molar-refractivity contribution < 1.29 is 13.2 Å². The van der Waals surface area contributed by atoms with Gasteiger partial charge in [0.1, 0.15) is 16.2 Å². The molecule has 7 nitrogen and oxygen atoms in total. The lowest BCUT2D eigenvalue weighted by Crippen LogP contribution is -2.25. The highest BCUT2D eigenvalue weighted by Crippen LogP contribution is 2.37. The lowest BCUT2D eigenvalue weighted by atomic mass is 10.2. The zero-order valence-electron chi connectivity index (χ0n) is 18.9. The second-order valence-corrected chi connectivity index (χ2v) is 12.1. The zero-order valence-corrected chi connectivity index (χ0v) is 21.4. The third-order valence-corrected chi connectivity index (χ3v) is 9.47. The van der Waals surface area contributed by atoms with Crippen LogP contribution < -0.4 is 5.32 Å². The molecule has 1 amide bonds. The van der Waals surface area contributed by atoms with Gasteiger partial charge in [-0.15, -0.1) is 11.3 Å². The molecule has 0 radical (unpaired) electrons. The summed E-state index contributed by atoms with van der Waals surface area (Å²) in [5.74, 6) is -0.166. The minimum absolute atomic E-state index is 0.166. The van der Waals surface area contributed by atoms with Crippen LogP contribution in [0.1, 0.15) is 13.3 Å². The summed E-state index contributed by atoms with van der Waals surface area (Å²) in [6.07, 6.45) is 2.13. The van der Waals surface area contributed by atoms with Gasteiger partial charge in [-0.05, 0) is 42.3 Å². The van der Waals surface area contributed by atoms with Crippen LogP contribution in [0.4, 0.5) is 5.69 Å². The van der Waals surface area contributed by atoms with Crippen LogP contribution in [0, 0.1) is 0 Å². The molecule has 0 aliphatic rings. The van der Waals surface area contributed by atoms with Crippen molar-refractivity contribution in [3.8, 4) is 10.4 Å². The number of rotatable bonds is 8. The normalized spacial score (nSPS) is 12.7. The minimum atomic E-state index is -3.52. The Morgan fingerprint density at radius 1 is 1.09 bits per heavy atom. The maximum Gasteiger partial charge on any atom is 0.242 e. The molecule has 4 aromatic rings. The third-order valence-electron chi connectivity index (χ3n) is 5.17. The Bertz CT molecular complexity index is 1400. The predicted octanol–water partition coefficient (Wildman–Crippen LogP) is 5.12. The molecular formula is C24H24N4O3S3. The molecule has 176 valence electrons. The number of thioether (sulfide) groups is 1. The standard InChI is InChI=1S/C24H24N4O3S3/c1-4-20(22(29)27-17-10-12-18(13-11-17)34(30,31)28(2)3)32-23-19-14-21(16-8-6-5-7-9-16)33-24(19)26-15-25-23/h5-15,20H,4H2,1-3H3,(H,27,29). The van der Waals surface area contributed by atoms with E-state index in [1.165, 1.54) is 44.3 Å². The number of hydrogen-bond acceptors (Lipinski definition) is 7. The van der Waals surface area contributed by atoms with Gasteiger partial charge in [-0.1, -0.05) is 49.0 Å². The Kier molecular flexibility index (Phi) is 7.32. The van der Waals surface area contributed by atoms with E-state index >= 15 is 0 Å². The fraction of sp³-hybridized carbons (Fsp3) is 0.208. The van der Waals surface area contributed by atoms with Crippen molar-refractivity contribution in [3.05, 3.63) is 67.0 Å². The number of nitrogens with zero attached hydrogens (tertiary/aromatic N) is 3. The first kappa shape index (κ1) is 24.3. The molecule has 1 atom stereocenters. The van der Waals surface area contributed by atoms with Crippen LogP contribution in [0.15, 0.2) is 76.9 Å². The highest BCUT2D eigenvalue weighted by molar-refractivity contribution is 8.00. The number of aromatic nitrogens is 2. The average molecular weight is 513 g/mol. The van der Waals surface area contributed by atoms with Gasteiger partial charge in [0.2, 0.25) is 15.9 Å². The molecule has 2 aromatic heterocycles. The Morgan fingerprint density at radius 2 is 1.79 bits per heavy atom. The molecule has 0 saturated heterocycles. The topological polar surface area (TPSA) is 92.3 Å². The summed E-state index contributed by atoms with van der Waals surface area (Å²) < 4.78 is 25.6. The SMILES string of the molecule is CCC(Sc1ncnc2sc(-c3ccccc3)cc12)C(=O)Nc1ccc(S(=O)(=O)N(C)C)cc1. The molecule has 0 fully saturated rings. The summed E-state index contributed by atoms with van der Waals surface area (Å²) in [4.78, 5) is 24.0. The van der Waals surface area contributed by atoms with Gasteiger partial charge in [0.05, 0.1) is 10.1 Å².